The molecule has 10 nitrogen and oxygen atoms in total. The van der Waals surface area contributed by atoms with Crippen molar-refractivity contribution in [2.24, 2.45) is 5.92 Å². The predicted molar refractivity (Wildman–Crippen MR) is 142 cm³/mol. The van der Waals surface area contributed by atoms with Crippen LogP contribution in [0.3, 0.4) is 0 Å². The summed E-state index contributed by atoms with van der Waals surface area (Å²) in [5.41, 5.74) is 1.56. The normalized spacial score (nSPS) is 21.1. The van der Waals surface area contributed by atoms with E-state index in [1.165, 1.54) is 30.3 Å². The largest absolute Gasteiger partial charge is 0.367 e. The Hall–Kier alpha value is -3.86. The SMILES string of the molecule is O=C1CCC(c2ccc(N3CCN(CC4CCN(C(=O)c5ccc([N+](=O)[O-])cc5)CC4)CC3)c(F)c2)C(=O)N1. The monoisotopic (exact) mass is 537 g/mol. The van der Waals surface area contributed by atoms with Crippen LogP contribution in [0.4, 0.5) is 15.8 Å². The molecule has 11 heteroatoms. The van der Waals surface area contributed by atoms with Gasteiger partial charge in [0.15, 0.2) is 0 Å². The highest BCUT2D eigenvalue weighted by atomic mass is 19.1. The van der Waals surface area contributed by atoms with E-state index in [2.05, 4.69) is 10.2 Å². The Kier molecular flexibility index (Phi) is 7.87. The molecule has 3 aliphatic heterocycles. The number of likely N-dealkylation sites (tertiary alicyclic amines) is 1. The van der Waals surface area contributed by atoms with Crippen molar-refractivity contribution < 1.29 is 23.7 Å². The highest BCUT2D eigenvalue weighted by Gasteiger charge is 2.30. The predicted octanol–water partition coefficient (Wildman–Crippen LogP) is 2.93. The Balaban J connectivity index is 1.08. The number of non-ortho nitro benzene ring substituents is 1. The molecule has 206 valence electrons. The molecule has 0 aliphatic carbocycles. The number of nitrogens with zero attached hydrogens (tertiary/aromatic N) is 4. The van der Waals surface area contributed by atoms with E-state index in [-0.39, 0.29) is 35.6 Å². The average molecular weight is 538 g/mol. The Labute approximate surface area is 225 Å². The zero-order valence-corrected chi connectivity index (χ0v) is 21.7. The fourth-order valence-corrected chi connectivity index (χ4v) is 5.77. The highest BCUT2D eigenvalue weighted by Crippen LogP contribution is 2.30. The van der Waals surface area contributed by atoms with Crippen LogP contribution in [0.15, 0.2) is 42.5 Å². The third kappa shape index (κ3) is 6.08. The lowest BCUT2D eigenvalue weighted by Gasteiger charge is -2.39. The van der Waals surface area contributed by atoms with Gasteiger partial charge in [-0.15, -0.1) is 0 Å². The molecule has 2 aromatic carbocycles. The number of nitro groups is 1. The van der Waals surface area contributed by atoms with Gasteiger partial charge in [0.25, 0.3) is 11.6 Å². The maximum Gasteiger partial charge on any atom is 0.269 e. The topological polar surface area (TPSA) is 116 Å². The lowest BCUT2D eigenvalue weighted by molar-refractivity contribution is -0.384. The lowest BCUT2D eigenvalue weighted by Crippen LogP contribution is -2.49. The fraction of sp³-hybridized carbons (Fsp3) is 0.464. The molecule has 5 rings (SSSR count). The first-order valence-electron chi connectivity index (χ1n) is 13.4. The van der Waals surface area contributed by atoms with E-state index in [0.717, 1.165) is 32.5 Å². The first kappa shape index (κ1) is 26.7. The highest BCUT2D eigenvalue weighted by molar-refractivity contribution is 6.01. The van der Waals surface area contributed by atoms with Gasteiger partial charge in [-0.3, -0.25) is 34.7 Å². The van der Waals surface area contributed by atoms with E-state index >= 15 is 4.39 Å². The lowest BCUT2D eigenvalue weighted by atomic mass is 9.90. The summed E-state index contributed by atoms with van der Waals surface area (Å²) in [5, 5.41) is 13.2. The van der Waals surface area contributed by atoms with Crippen molar-refractivity contribution in [2.45, 2.75) is 31.6 Å². The minimum absolute atomic E-state index is 0.0302. The molecule has 0 aromatic heterocycles. The van der Waals surface area contributed by atoms with Gasteiger partial charge in [0.2, 0.25) is 11.8 Å². The van der Waals surface area contributed by atoms with Crippen LogP contribution in [0, 0.1) is 21.8 Å². The van der Waals surface area contributed by atoms with Crippen LogP contribution in [0.25, 0.3) is 0 Å². The summed E-state index contributed by atoms with van der Waals surface area (Å²) in [7, 11) is 0. The molecule has 1 atom stereocenters. The number of rotatable bonds is 6. The van der Waals surface area contributed by atoms with Gasteiger partial charge < -0.3 is 9.80 Å². The average Bonchev–Trinajstić information content (AvgIpc) is 2.94. The van der Waals surface area contributed by atoms with Gasteiger partial charge in [0.1, 0.15) is 5.82 Å². The number of carbonyl (C=O) groups excluding carboxylic acids is 3. The van der Waals surface area contributed by atoms with E-state index in [0.29, 0.717) is 55.3 Å². The van der Waals surface area contributed by atoms with E-state index in [1.807, 2.05) is 9.80 Å². The molecule has 39 heavy (non-hydrogen) atoms. The number of hydrogen-bond donors (Lipinski definition) is 1. The van der Waals surface area contributed by atoms with Crippen LogP contribution in [-0.4, -0.2) is 78.3 Å². The molecule has 3 heterocycles. The van der Waals surface area contributed by atoms with Gasteiger partial charge in [0, 0.05) is 69.9 Å². The summed E-state index contributed by atoms with van der Waals surface area (Å²) in [6.45, 7) is 5.28. The van der Waals surface area contributed by atoms with Crippen molar-refractivity contribution in [3.8, 4) is 0 Å². The van der Waals surface area contributed by atoms with Crippen LogP contribution in [0.1, 0.15) is 47.5 Å². The van der Waals surface area contributed by atoms with Gasteiger partial charge >= 0.3 is 0 Å². The molecular formula is C28H32FN5O5. The molecular weight excluding hydrogens is 505 g/mol. The number of benzene rings is 2. The van der Waals surface area contributed by atoms with E-state index < -0.39 is 10.8 Å². The Bertz CT molecular complexity index is 1250. The van der Waals surface area contributed by atoms with Gasteiger partial charge in [-0.05, 0) is 55.0 Å². The molecule has 0 radical (unpaired) electrons. The fourth-order valence-electron chi connectivity index (χ4n) is 5.77. The van der Waals surface area contributed by atoms with Crippen LogP contribution < -0.4 is 10.2 Å². The number of nitro benzene ring substituents is 1. The third-order valence-electron chi connectivity index (χ3n) is 8.07. The molecule has 1 N–H and O–H groups in total. The zero-order valence-electron chi connectivity index (χ0n) is 21.7. The smallest absolute Gasteiger partial charge is 0.269 e. The Morgan fingerprint density at radius 3 is 2.28 bits per heavy atom. The minimum Gasteiger partial charge on any atom is -0.367 e. The number of hydrogen-bond acceptors (Lipinski definition) is 7. The number of piperazine rings is 1. The van der Waals surface area contributed by atoms with E-state index in [1.54, 1.807) is 12.1 Å². The third-order valence-corrected chi connectivity index (χ3v) is 8.07. The van der Waals surface area contributed by atoms with Gasteiger partial charge in [0.05, 0.1) is 16.5 Å². The number of carbonyl (C=O) groups is 3. The maximum absolute atomic E-state index is 15.0. The van der Waals surface area contributed by atoms with Crippen LogP contribution in [-0.2, 0) is 9.59 Å². The second kappa shape index (κ2) is 11.5. The van der Waals surface area contributed by atoms with Crippen molar-refractivity contribution in [1.29, 1.82) is 0 Å². The van der Waals surface area contributed by atoms with Gasteiger partial charge in [-0.25, -0.2) is 4.39 Å². The molecule has 0 spiro atoms. The van der Waals surface area contributed by atoms with E-state index in [4.69, 9.17) is 0 Å². The number of imide groups is 1. The quantitative estimate of drug-likeness (QED) is 0.342. The Morgan fingerprint density at radius 2 is 1.67 bits per heavy atom. The number of anilines is 1. The zero-order chi connectivity index (χ0) is 27.5. The summed E-state index contributed by atoms with van der Waals surface area (Å²) in [6, 6.07) is 10.7. The molecule has 2 aromatic rings. The van der Waals surface area contributed by atoms with Crippen molar-refractivity contribution in [3.05, 3.63) is 69.5 Å². The molecule has 0 bridgehead atoms. The number of amides is 3. The van der Waals surface area contributed by atoms with Crippen molar-refractivity contribution >= 4 is 29.1 Å². The van der Waals surface area contributed by atoms with E-state index in [9.17, 15) is 24.5 Å². The minimum atomic E-state index is -0.501. The standard InChI is InChI=1S/C28H32FN5O5/c29-24-17-21(23-6-8-26(35)30-27(23)36)3-7-25(24)32-15-13-31(14-16-32)18-19-9-11-33(12-10-19)28(37)20-1-4-22(5-2-20)34(38)39/h1-5,7,17,19,23H,6,8-16,18H2,(H,30,35,36). The second-order valence-corrected chi connectivity index (χ2v) is 10.5. The number of piperidine rings is 2. The molecule has 3 saturated heterocycles. The van der Waals surface area contributed by atoms with Gasteiger partial charge in [-0.1, -0.05) is 6.07 Å². The maximum atomic E-state index is 15.0. The molecule has 1 unspecified atom stereocenters. The molecule has 3 fully saturated rings. The number of nitrogens with one attached hydrogen (secondary N) is 1. The van der Waals surface area contributed by atoms with Crippen molar-refractivity contribution in [3.63, 3.8) is 0 Å². The summed E-state index contributed by atoms with van der Waals surface area (Å²) >= 11 is 0. The summed E-state index contributed by atoms with van der Waals surface area (Å²) in [5.74, 6) is -1.12. The van der Waals surface area contributed by atoms with Crippen molar-refractivity contribution in [2.75, 3.05) is 50.7 Å². The van der Waals surface area contributed by atoms with Crippen LogP contribution >= 0.6 is 0 Å². The molecule has 3 amide bonds. The summed E-state index contributed by atoms with van der Waals surface area (Å²) < 4.78 is 15.0. The molecule has 0 saturated carbocycles. The van der Waals surface area contributed by atoms with Gasteiger partial charge in [-0.2, -0.15) is 0 Å². The number of halogens is 1. The van der Waals surface area contributed by atoms with Crippen molar-refractivity contribution in [1.82, 2.24) is 15.1 Å². The molecule has 3 aliphatic rings. The van der Waals surface area contributed by atoms with Crippen LogP contribution in [0.5, 0.6) is 0 Å². The summed E-state index contributed by atoms with van der Waals surface area (Å²) in [6.07, 6.45) is 2.45. The van der Waals surface area contributed by atoms with Crippen LogP contribution in [0.2, 0.25) is 0 Å². The second-order valence-electron chi connectivity index (χ2n) is 10.5. The summed E-state index contributed by atoms with van der Waals surface area (Å²) in [4.78, 5) is 52.9. The Morgan fingerprint density at radius 1 is 0.974 bits per heavy atom. The first-order chi connectivity index (χ1) is 18.8. The first-order valence-corrected chi connectivity index (χ1v) is 13.4.